The van der Waals surface area contributed by atoms with Crippen LogP contribution in [0.3, 0.4) is 0 Å². The van der Waals surface area contributed by atoms with Crippen molar-refractivity contribution in [1.82, 2.24) is 0 Å². The van der Waals surface area contributed by atoms with E-state index in [1.165, 1.54) is 152 Å². The van der Waals surface area contributed by atoms with Gasteiger partial charge in [0.15, 0.2) is 0 Å². The summed E-state index contributed by atoms with van der Waals surface area (Å²) < 4.78 is 0. The van der Waals surface area contributed by atoms with E-state index in [9.17, 15) is 0 Å². The maximum absolute atomic E-state index is 3.35. The third kappa shape index (κ3) is 16.8. The average Bonchev–Trinajstić information content (AvgIpc) is 2.95. The molecule has 0 aliphatic rings. The molecule has 0 heterocycles. The Morgan fingerprint density at radius 1 is 0.342 bits per heavy atom. The summed E-state index contributed by atoms with van der Waals surface area (Å²) in [6, 6.07) is 17.9. The molecular weight excluding hydrogens is 456 g/mol. The lowest BCUT2D eigenvalue weighted by Crippen LogP contribution is -1.88. The minimum atomic E-state index is 1.12. The van der Waals surface area contributed by atoms with E-state index in [0.717, 1.165) is 11.1 Å². The molecule has 0 atom stereocenters. The predicted molar refractivity (Wildman–Crippen MR) is 170 cm³/mol. The monoisotopic (exact) mass is 514 g/mol. The van der Waals surface area contributed by atoms with Crippen LogP contribution in [0.1, 0.15) is 165 Å². The highest BCUT2D eigenvalue weighted by molar-refractivity contribution is 5.44. The van der Waals surface area contributed by atoms with Gasteiger partial charge < -0.3 is 0 Å². The van der Waals surface area contributed by atoms with Crippen molar-refractivity contribution in [3.8, 4) is 11.8 Å². The van der Waals surface area contributed by atoms with Crippen molar-refractivity contribution in [2.75, 3.05) is 0 Å². The molecule has 0 amide bonds. The molecule has 38 heavy (non-hydrogen) atoms. The molecule has 2 aromatic carbocycles. The Hall–Kier alpha value is -2.00. The molecule has 0 saturated heterocycles. The molecule has 0 nitrogen and oxygen atoms in total. The average molecular weight is 515 g/mol. The number of aryl methyl sites for hydroxylation is 2. The van der Waals surface area contributed by atoms with Crippen LogP contribution >= 0.6 is 0 Å². The topological polar surface area (TPSA) is 0 Å². The largest absolute Gasteiger partial charge is 0.0654 e. The second-order valence-corrected chi connectivity index (χ2v) is 11.5. The number of benzene rings is 2. The fraction of sp³-hybridized carbons (Fsp3) is 0.632. The summed E-state index contributed by atoms with van der Waals surface area (Å²) in [4.78, 5) is 0. The predicted octanol–water partition coefficient (Wildman–Crippen LogP) is 12.0. The third-order valence-electron chi connectivity index (χ3n) is 7.90. The maximum atomic E-state index is 3.35. The highest BCUT2D eigenvalue weighted by Crippen LogP contribution is 2.15. The molecule has 2 aromatic rings. The van der Waals surface area contributed by atoms with Crippen LogP contribution in [0.15, 0.2) is 48.5 Å². The van der Waals surface area contributed by atoms with E-state index in [1.807, 2.05) is 0 Å². The van der Waals surface area contributed by atoms with Crippen LogP contribution in [0, 0.1) is 11.8 Å². The lowest BCUT2D eigenvalue weighted by molar-refractivity contribution is 0.556. The van der Waals surface area contributed by atoms with Gasteiger partial charge >= 0.3 is 0 Å². The van der Waals surface area contributed by atoms with Gasteiger partial charge in [0.1, 0.15) is 0 Å². The second kappa shape index (κ2) is 22.9. The van der Waals surface area contributed by atoms with Crippen LogP contribution < -0.4 is 0 Å². The Labute approximate surface area is 237 Å². The zero-order chi connectivity index (χ0) is 26.9. The normalized spacial score (nSPS) is 10.9. The smallest absolute Gasteiger partial charge is 0.0249 e. The highest BCUT2D eigenvalue weighted by Gasteiger charge is 1.98. The fourth-order valence-corrected chi connectivity index (χ4v) is 5.29. The quantitative estimate of drug-likeness (QED) is 0.108. The van der Waals surface area contributed by atoms with E-state index in [-0.39, 0.29) is 0 Å². The number of hydrogen-bond donors (Lipinski definition) is 0. The number of rotatable bonds is 22. The van der Waals surface area contributed by atoms with Crippen molar-refractivity contribution in [2.24, 2.45) is 0 Å². The Balaban J connectivity index is 1.54. The molecule has 0 aromatic heterocycles. The molecule has 0 aliphatic heterocycles. The Morgan fingerprint density at radius 3 is 0.895 bits per heavy atom. The van der Waals surface area contributed by atoms with Crippen molar-refractivity contribution in [3.63, 3.8) is 0 Å². The van der Waals surface area contributed by atoms with E-state index in [2.05, 4.69) is 74.2 Å². The van der Waals surface area contributed by atoms with E-state index in [0.29, 0.717) is 0 Å². The Bertz CT molecular complexity index is 774. The van der Waals surface area contributed by atoms with Gasteiger partial charge in [-0.05, 0) is 61.1 Å². The fourth-order valence-electron chi connectivity index (χ4n) is 5.29. The summed E-state index contributed by atoms with van der Waals surface area (Å²) in [6.07, 6.45) is 30.4. The van der Waals surface area contributed by atoms with Crippen LogP contribution in [-0.2, 0) is 12.8 Å². The van der Waals surface area contributed by atoms with Crippen LogP contribution in [0.4, 0.5) is 0 Å². The molecule has 0 bridgehead atoms. The molecule has 210 valence electrons. The second-order valence-electron chi connectivity index (χ2n) is 11.5. The SMILES string of the molecule is CCCCCCCCCCCCc1ccc(C#Cc2ccc(CCCCCCCCCCCC)cc2)cc1. The minimum Gasteiger partial charge on any atom is -0.0654 e. The van der Waals surface area contributed by atoms with Gasteiger partial charge in [-0.2, -0.15) is 0 Å². The van der Waals surface area contributed by atoms with Gasteiger partial charge in [-0.25, -0.2) is 0 Å². The molecule has 0 fully saturated rings. The zero-order valence-electron chi connectivity index (χ0n) is 25.2. The van der Waals surface area contributed by atoms with Crippen LogP contribution in [0.25, 0.3) is 0 Å². The van der Waals surface area contributed by atoms with Crippen LogP contribution in [0.2, 0.25) is 0 Å². The Kier molecular flexibility index (Phi) is 19.4. The molecule has 0 spiro atoms. The van der Waals surface area contributed by atoms with Gasteiger partial charge in [0, 0.05) is 11.1 Å². The molecule has 0 saturated carbocycles. The lowest BCUT2D eigenvalue weighted by atomic mass is 10.0. The van der Waals surface area contributed by atoms with E-state index in [4.69, 9.17) is 0 Å². The third-order valence-corrected chi connectivity index (χ3v) is 7.90. The zero-order valence-corrected chi connectivity index (χ0v) is 25.2. The molecular formula is C38H58. The summed E-state index contributed by atoms with van der Waals surface area (Å²) in [5.74, 6) is 6.71. The van der Waals surface area contributed by atoms with E-state index >= 15 is 0 Å². The molecule has 0 heteroatoms. The van der Waals surface area contributed by atoms with Crippen molar-refractivity contribution in [2.45, 2.75) is 155 Å². The first-order valence-electron chi connectivity index (χ1n) is 16.5. The first kappa shape index (κ1) is 32.2. The first-order valence-corrected chi connectivity index (χ1v) is 16.5. The van der Waals surface area contributed by atoms with Gasteiger partial charge in [0.2, 0.25) is 0 Å². The van der Waals surface area contributed by atoms with Crippen molar-refractivity contribution in [1.29, 1.82) is 0 Å². The molecule has 0 radical (unpaired) electrons. The summed E-state index contributed by atoms with van der Waals surface area (Å²) in [6.45, 7) is 4.58. The summed E-state index contributed by atoms with van der Waals surface area (Å²) in [5, 5.41) is 0. The van der Waals surface area contributed by atoms with E-state index < -0.39 is 0 Å². The first-order chi connectivity index (χ1) is 18.8. The van der Waals surface area contributed by atoms with Gasteiger partial charge in [-0.1, -0.05) is 166 Å². The molecule has 0 N–H and O–H groups in total. The van der Waals surface area contributed by atoms with Gasteiger partial charge in [0.05, 0.1) is 0 Å². The molecule has 2 rings (SSSR count). The van der Waals surface area contributed by atoms with Crippen LogP contribution in [0.5, 0.6) is 0 Å². The van der Waals surface area contributed by atoms with Crippen molar-refractivity contribution >= 4 is 0 Å². The lowest BCUT2D eigenvalue weighted by Gasteiger charge is -2.04. The maximum Gasteiger partial charge on any atom is 0.0249 e. The molecule has 0 aliphatic carbocycles. The molecule has 0 unspecified atom stereocenters. The summed E-state index contributed by atoms with van der Waals surface area (Å²) in [7, 11) is 0. The number of unbranched alkanes of at least 4 members (excludes halogenated alkanes) is 18. The standard InChI is InChI=1S/C38H58/c1-3-5-7-9-11-13-15-17-19-21-23-35-25-29-37(30-26-35)33-34-38-31-27-36(28-32-38)24-22-20-18-16-14-12-10-8-6-4-2/h25-32H,3-24H2,1-2H3. The Morgan fingerprint density at radius 2 is 0.605 bits per heavy atom. The summed E-state index contributed by atoms with van der Waals surface area (Å²) in [5.41, 5.74) is 5.13. The van der Waals surface area contributed by atoms with Crippen LogP contribution in [-0.4, -0.2) is 0 Å². The minimum absolute atomic E-state index is 1.12. The number of hydrogen-bond acceptors (Lipinski definition) is 0. The summed E-state index contributed by atoms with van der Waals surface area (Å²) >= 11 is 0. The van der Waals surface area contributed by atoms with Crippen molar-refractivity contribution in [3.05, 3.63) is 70.8 Å². The van der Waals surface area contributed by atoms with Crippen molar-refractivity contribution < 1.29 is 0 Å². The van der Waals surface area contributed by atoms with Gasteiger partial charge in [-0.3, -0.25) is 0 Å². The van der Waals surface area contributed by atoms with E-state index in [1.54, 1.807) is 0 Å². The van der Waals surface area contributed by atoms with Gasteiger partial charge in [0.25, 0.3) is 0 Å². The van der Waals surface area contributed by atoms with Gasteiger partial charge in [-0.15, -0.1) is 0 Å². The highest BCUT2D eigenvalue weighted by atomic mass is 14.0.